The van der Waals surface area contributed by atoms with E-state index >= 15 is 0 Å². The van der Waals surface area contributed by atoms with Gasteiger partial charge in [0.05, 0.1) is 7.05 Å². The van der Waals surface area contributed by atoms with E-state index < -0.39 is 0 Å². The first-order chi connectivity index (χ1) is 4.70. The van der Waals surface area contributed by atoms with Crippen molar-refractivity contribution >= 4 is 0 Å². The first kappa shape index (κ1) is 7.28. The van der Waals surface area contributed by atoms with E-state index in [2.05, 4.69) is 4.98 Å². The molecule has 0 spiro atoms. The SMILES string of the molecule is C[C@H](N)Cc1c[nH]c[n+]1C. The van der Waals surface area contributed by atoms with Crippen molar-refractivity contribution in [2.24, 2.45) is 12.8 Å². The van der Waals surface area contributed by atoms with E-state index in [0.717, 1.165) is 6.42 Å². The van der Waals surface area contributed by atoms with Crippen LogP contribution in [0.2, 0.25) is 0 Å². The Kier molecular flexibility index (Phi) is 2.06. The summed E-state index contributed by atoms with van der Waals surface area (Å²) in [5.41, 5.74) is 6.87. The van der Waals surface area contributed by atoms with Crippen LogP contribution in [0, 0.1) is 0 Å². The third kappa shape index (κ3) is 1.57. The Bertz CT molecular complexity index is 202. The molecule has 0 fully saturated rings. The number of nitrogens with one attached hydrogen (secondary N) is 1. The molecule has 10 heavy (non-hydrogen) atoms. The molecule has 0 aliphatic heterocycles. The predicted molar refractivity (Wildman–Crippen MR) is 39.3 cm³/mol. The summed E-state index contributed by atoms with van der Waals surface area (Å²) in [5.74, 6) is 0. The first-order valence-corrected chi connectivity index (χ1v) is 3.47. The molecule has 3 heteroatoms. The molecule has 1 aromatic heterocycles. The third-order valence-corrected chi connectivity index (χ3v) is 1.50. The predicted octanol–water partition coefficient (Wildman–Crippen LogP) is -0.271. The molecule has 0 saturated heterocycles. The maximum atomic E-state index is 5.63. The Morgan fingerprint density at radius 2 is 2.50 bits per heavy atom. The highest BCUT2D eigenvalue weighted by Gasteiger charge is 2.05. The summed E-state index contributed by atoms with van der Waals surface area (Å²) in [6, 6.07) is 0.238. The van der Waals surface area contributed by atoms with Gasteiger partial charge >= 0.3 is 0 Å². The topological polar surface area (TPSA) is 45.7 Å². The molecule has 0 radical (unpaired) electrons. The molecule has 1 heterocycles. The van der Waals surface area contributed by atoms with Crippen molar-refractivity contribution in [2.45, 2.75) is 19.4 Å². The second-order valence-electron chi connectivity index (χ2n) is 2.72. The zero-order valence-corrected chi connectivity index (χ0v) is 6.46. The molecule has 0 unspecified atom stereocenters. The van der Waals surface area contributed by atoms with E-state index in [1.165, 1.54) is 5.69 Å². The number of aryl methyl sites for hydroxylation is 1. The van der Waals surface area contributed by atoms with Crippen LogP contribution in [0.4, 0.5) is 0 Å². The van der Waals surface area contributed by atoms with Crippen molar-refractivity contribution in [3.8, 4) is 0 Å². The third-order valence-electron chi connectivity index (χ3n) is 1.50. The van der Waals surface area contributed by atoms with Crippen LogP contribution in [-0.4, -0.2) is 11.0 Å². The standard InChI is InChI=1S/C7H13N3/c1-6(8)3-7-4-9-5-10(7)2/h4-6H,3,8H2,1-2H3/p+1/t6-/m0/s1. The fourth-order valence-corrected chi connectivity index (χ4v) is 0.963. The molecule has 1 aromatic rings. The molecule has 0 aliphatic rings. The minimum Gasteiger partial charge on any atom is -0.328 e. The smallest absolute Gasteiger partial charge is 0.241 e. The van der Waals surface area contributed by atoms with Gasteiger partial charge in [-0.15, -0.1) is 0 Å². The Hall–Kier alpha value is -0.830. The van der Waals surface area contributed by atoms with Gasteiger partial charge in [0.2, 0.25) is 6.33 Å². The van der Waals surface area contributed by atoms with E-state index in [9.17, 15) is 0 Å². The average molecular weight is 140 g/mol. The lowest BCUT2D eigenvalue weighted by Gasteiger charge is -1.99. The van der Waals surface area contributed by atoms with Gasteiger partial charge in [0.1, 0.15) is 11.9 Å². The fourth-order valence-electron chi connectivity index (χ4n) is 0.963. The van der Waals surface area contributed by atoms with Crippen LogP contribution < -0.4 is 10.3 Å². The molecule has 0 bridgehead atoms. The first-order valence-electron chi connectivity index (χ1n) is 3.47. The Morgan fingerprint density at radius 1 is 1.80 bits per heavy atom. The van der Waals surface area contributed by atoms with Crippen LogP contribution in [0.3, 0.4) is 0 Å². The molecular weight excluding hydrogens is 126 g/mol. The number of aromatic nitrogens is 2. The molecule has 1 atom stereocenters. The molecule has 0 aromatic carbocycles. The van der Waals surface area contributed by atoms with Gasteiger partial charge in [0.25, 0.3) is 0 Å². The van der Waals surface area contributed by atoms with E-state index in [-0.39, 0.29) is 6.04 Å². The molecule has 3 nitrogen and oxygen atoms in total. The highest BCUT2D eigenvalue weighted by Crippen LogP contribution is 1.91. The van der Waals surface area contributed by atoms with E-state index in [0.29, 0.717) is 0 Å². The van der Waals surface area contributed by atoms with Crippen molar-refractivity contribution in [2.75, 3.05) is 0 Å². The minimum absolute atomic E-state index is 0.238. The number of rotatable bonds is 2. The zero-order valence-electron chi connectivity index (χ0n) is 6.46. The van der Waals surface area contributed by atoms with Crippen LogP contribution in [0.25, 0.3) is 0 Å². The van der Waals surface area contributed by atoms with E-state index in [1.807, 2.05) is 31.1 Å². The normalized spacial score (nSPS) is 13.5. The van der Waals surface area contributed by atoms with Gasteiger partial charge in [0, 0.05) is 12.5 Å². The quantitative estimate of drug-likeness (QED) is 0.546. The van der Waals surface area contributed by atoms with Crippen molar-refractivity contribution in [3.63, 3.8) is 0 Å². The number of nitrogens with zero attached hydrogens (tertiary/aromatic N) is 1. The molecule has 3 N–H and O–H groups in total. The monoisotopic (exact) mass is 140 g/mol. The summed E-state index contributed by atoms with van der Waals surface area (Å²) >= 11 is 0. The number of hydrogen-bond acceptors (Lipinski definition) is 1. The lowest BCUT2D eigenvalue weighted by atomic mass is 10.2. The summed E-state index contributed by atoms with van der Waals surface area (Å²) < 4.78 is 2.04. The van der Waals surface area contributed by atoms with Gasteiger partial charge in [0.15, 0.2) is 0 Å². The lowest BCUT2D eigenvalue weighted by Crippen LogP contribution is -2.33. The number of imidazole rings is 1. The molecular formula is C7H14N3+. The zero-order chi connectivity index (χ0) is 7.56. The maximum absolute atomic E-state index is 5.63. The van der Waals surface area contributed by atoms with Crippen LogP contribution in [0.1, 0.15) is 12.6 Å². The number of nitrogens with two attached hydrogens (primary N) is 1. The number of H-pyrrole nitrogens is 1. The highest BCUT2D eigenvalue weighted by atomic mass is 15.0. The average Bonchev–Trinajstić information content (AvgIpc) is 2.15. The summed E-state index contributed by atoms with van der Waals surface area (Å²) in [7, 11) is 2.01. The Labute approximate surface area is 60.9 Å². The van der Waals surface area contributed by atoms with Gasteiger partial charge in [-0.25, -0.2) is 9.55 Å². The van der Waals surface area contributed by atoms with Crippen LogP contribution in [0.15, 0.2) is 12.5 Å². The van der Waals surface area contributed by atoms with Gasteiger partial charge in [-0.3, -0.25) is 0 Å². The van der Waals surface area contributed by atoms with Gasteiger partial charge in [-0.2, -0.15) is 0 Å². The second-order valence-corrected chi connectivity index (χ2v) is 2.72. The van der Waals surface area contributed by atoms with Crippen molar-refractivity contribution in [1.29, 1.82) is 0 Å². The fraction of sp³-hybridized carbons (Fsp3) is 0.571. The van der Waals surface area contributed by atoms with Crippen LogP contribution >= 0.6 is 0 Å². The minimum atomic E-state index is 0.238. The van der Waals surface area contributed by atoms with Crippen molar-refractivity contribution in [3.05, 3.63) is 18.2 Å². The molecule has 56 valence electrons. The summed E-state index contributed by atoms with van der Waals surface area (Å²) in [5, 5.41) is 0. The number of hydrogen-bond donors (Lipinski definition) is 2. The van der Waals surface area contributed by atoms with Gasteiger partial charge in [-0.05, 0) is 6.92 Å². The van der Waals surface area contributed by atoms with E-state index in [4.69, 9.17) is 5.73 Å². The largest absolute Gasteiger partial charge is 0.328 e. The van der Waals surface area contributed by atoms with Crippen molar-refractivity contribution in [1.82, 2.24) is 4.98 Å². The number of aromatic amines is 1. The van der Waals surface area contributed by atoms with Gasteiger partial charge in [-0.1, -0.05) is 0 Å². The van der Waals surface area contributed by atoms with Crippen LogP contribution in [0.5, 0.6) is 0 Å². The molecule has 0 amide bonds. The summed E-state index contributed by atoms with van der Waals surface area (Å²) in [6.45, 7) is 2.01. The summed E-state index contributed by atoms with van der Waals surface area (Å²) in [6.07, 6.45) is 4.82. The molecule has 1 rings (SSSR count). The Balaban J connectivity index is 2.65. The van der Waals surface area contributed by atoms with Crippen LogP contribution in [-0.2, 0) is 13.5 Å². The second kappa shape index (κ2) is 2.84. The maximum Gasteiger partial charge on any atom is 0.241 e. The van der Waals surface area contributed by atoms with E-state index in [1.54, 1.807) is 0 Å². The summed E-state index contributed by atoms with van der Waals surface area (Å²) in [4.78, 5) is 3.01. The highest BCUT2D eigenvalue weighted by molar-refractivity contribution is 4.88. The van der Waals surface area contributed by atoms with Crippen molar-refractivity contribution < 1.29 is 4.57 Å². The lowest BCUT2D eigenvalue weighted by molar-refractivity contribution is -0.677. The Morgan fingerprint density at radius 3 is 2.90 bits per heavy atom. The molecule has 0 saturated carbocycles. The molecule has 0 aliphatic carbocycles. The van der Waals surface area contributed by atoms with Gasteiger partial charge < -0.3 is 5.73 Å².